The first-order chi connectivity index (χ1) is 11.4. The fourth-order valence-corrected chi connectivity index (χ4v) is 6.19. The Morgan fingerprint density at radius 1 is 1.17 bits per heavy atom. The molecule has 1 saturated carbocycles. The summed E-state index contributed by atoms with van der Waals surface area (Å²) in [7, 11) is -3.43. The highest BCUT2D eigenvalue weighted by Gasteiger charge is 2.47. The summed E-state index contributed by atoms with van der Waals surface area (Å²) < 4.78 is 39.1. The second-order valence-corrected chi connectivity index (χ2v) is 9.36. The van der Waals surface area contributed by atoms with Gasteiger partial charge in [0.2, 0.25) is 0 Å². The number of sulfone groups is 1. The van der Waals surface area contributed by atoms with Gasteiger partial charge in [-0.3, -0.25) is 9.79 Å². The summed E-state index contributed by atoms with van der Waals surface area (Å²) in [6.07, 6.45) is 2.29. The topological polar surface area (TPSA) is 63.6 Å². The van der Waals surface area contributed by atoms with E-state index in [1.807, 2.05) is 0 Å². The quantitative estimate of drug-likeness (QED) is 0.709. The molecular weight excluding hydrogens is 397 g/mol. The Morgan fingerprint density at radius 3 is 2.71 bits per heavy atom. The van der Waals surface area contributed by atoms with Gasteiger partial charge in [0.25, 0.3) is 0 Å². The maximum absolute atomic E-state index is 13.6. The minimum atomic E-state index is -3.43. The summed E-state index contributed by atoms with van der Waals surface area (Å²) in [5.74, 6) is -1.47. The number of ketones is 1. The number of halogens is 2. The number of nitrogens with zero attached hydrogens (tertiary/aromatic N) is 1. The standard InChI is InChI=1S/C17H15BrFNO3S/c18-10-8-9(4-5-11(10)19)15-16-12(2-1-3-14(16)21)20-13-6-7-24(22,23)17(13)15/h4-5,8,15-16H,1-3,6-7H2/t15-,16?/m0/s1. The van der Waals surface area contributed by atoms with Crippen LogP contribution in [0, 0.1) is 11.7 Å². The van der Waals surface area contributed by atoms with Gasteiger partial charge < -0.3 is 0 Å². The molecule has 24 heavy (non-hydrogen) atoms. The highest BCUT2D eigenvalue weighted by molar-refractivity contribution is 9.10. The maximum Gasteiger partial charge on any atom is 0.177 e. The molecule has 3 aliphatic rings. The van der Waals surface area contributed by atoms with E-state index in [-0.39, 0.29) is 20.9 Å². The molecule has 0 saturated heterocycles. The molecule has 4 rings (SSSR count). The zero-order valence-electron chi connectivity index (χ0n) is 12.8. The molecule has 1 unspecified atom stereocenters. The zero-order valence-corrected chi connectivity index (χ0v) is 15.2. The molecule has 1 fully saturated rings. The van der Waals surface area contributed by atoms with Gasteiger partial charge in [0.15, 0.2) is 9.84 Å². The van der Waals surface area contributed by atoms with E-state index in [4.69, 9.17) is 0 Å². The van der Waals surface area contributed by atoms with E-state index in [0.29, 0.717) is 30.5 Å². The average Bonchev–Trinajstić information content (AvgIpc) is 2.84. The van der Waals surface area contributed by atoms with Gasteiger partial charge in [-0.15, -0.1) is 0 Å². The van der Waals surface area contributed by atoms with Crippen molar-refractivity contribution in [1.82, 2.24) is 0 Å². The SMILES string of the molecule is O=C1CCCC2=NC3=C([C@@H](c4ccc(F)c(Br)c4)C12)S(=O)(=O)CC3. The lowest BCUT2D eigenvalue weighted by molar-refractivity contribution is -0.121. The van der Waals surface area contributed by atoms with E-state index in [1.54, 1.807) is 12.1 Å². The first-order valence-electron chi connectivity index (χ1n) is 7.89. The number of benzene rings is 1. The molecule has 2 aliphatic heterocycles. The van der Waals surface area contributed by atoms with Gasteiger partial charge in [-0.25, -0.2) is 12.8 Å². The minimum Gasteiger partial charge on any atom is -0.299 e. The Labute approximate surface area is 147 Å². The van der Waals surface area contributed by atoms with Crippen molar-refractivity contribution in [2.75, 3.05) is 5.75 Å². The molecule has 1 aromatic rings. The molecular formula is C17H15BrFNO3S. The van der Waals surface area contributed by atoms with Crippen molar-refractivity contribution in [2.24, 2.45) is 10.9 Å². The minimum absolute atomic E-state index is 0.0269. The van der Waals surface area contributed by atoms with Crippen molar-refractivity contribution in [1.29, 1.82) is 0 Å². The van der Waals surface area contributed by atoms with Crippen molar-refractivity contribution in [3.8, 4) is 0 Å². The Hall–Kier alpha value is -1.34. The van der Waals surface area contributed by atoms with E-state index in [2.05, 4.69) is 20.9 Å². The van der Waals surface area contributed by atoms with Crippen LogP contribution in [0.15, 0.2) is 38.3 Å². The van der Waals surface area contributed by atoms with Crippen LogP contribution < -0.4 is 0 Å². The molecule has 1 aromatic carbocycles. The molecule has 1 aliphatic carbocycles. The molecule has 0 spiro atoms. The molecule has 0 aromatic heterocycles. The number of carbonyl (C=O) groups excluding carboxylic acids is 1. The average molecular weight is 412 g/mol. The number of rotatable bonds is 1. The molecule has 7 heteroatoms. The third-order valence-corrected chi connectivity index (χ3v) is 7.50. The summed E-state index contributed by atoms with van der Waals surface area (Å²) in [6, 6.07) is 4.47. The second-order valence-electron chi connectivity index (χ2n) is 6.43. The summed E-state index contributed by atoms with van der Waals surface area (Å²) in [5, 5.41) is 0. The van der Waals surface area contributed by atoms with Gasteiger partial charge in [-0.05, 0) is 46.5 Å². The summed E-state index contributed by atoms with van der Waals surface area (Å²) >= 11 is 3.16. The first-order valence-corrected chi connectivity index (χ1v) is 10.3. The predicted molar refractivity (Wildman–Crippen MR) is 92.1 cm³/mol. The molecule has 2 heterocycles. The van der Waals surface area contributed by atoms with Crippen LogP contribution in [-0.2, 0) is 14.6 Å². The highest BCUT2D eigenvalue weighted by Crippen LogP contribution is 2.48. The van der Waals surface area contributed by atoms with Crippen LogP contribution >= 0.6 is 15.9 Å². The third kappa shape index (κ3) is 2.40. The van der Waals surface area contributed by atoms with E-state index in [0.717, 1.165) is 12.1 Å². The first kappa shape index (κ1) is 16.1. The van der Waals surface area contributed by atoms with Crippen LogP contribution in [0.3, 0.4) is 0 Å². The lowest BCUT2D eigenvalue weighted by Gasteiger charge is -2.34. The summed E-state index contributed by atoms with van der Waals surface area (Å²) in [5.41, 5.74) is 2.02. The predicted octanol–water partition coefficient (Wildman–Crippen LogP) is 3.53. The lowest BCUT2D eigenvalue weighted by atomic mass is 9.72. The Kier molecular flexibility index (Phi) is 3.76. The summed E-state index contributed by atoms with van der Waals surface area (Å²) in [4.78, 5) is 17.4. The van der Waals surface area contributed by atoms with Crippen molar-refractivity contribution < 1.29 is 17.6 Å². The van der Waals surface area contributed by atoms with Crippen LogP contribution in [0.5, 0.6) is 0 Å². The Balaban J connectivity index is 1.94. The largest absolute Gasteiger partial charge is 0.299 e. The van der Waals surface area contributed by atoms with Gasteiger partial charge in [0, 0.05) is 24.5 Å². The number of carbonyl (C=O) groups is 1. The molecule has 0 amide bonds. The molecule has 4 nitrogen and oxygen atoms in total. The van der Waals surface area contributed by atoms with Crippen molar-refractivity contribution in [3.05, 3.63) is 44.7 Å². The third-order valence-electron chi connectivity index (χ3n) is 4.99. The van der Waals surface area contributed by atoms with Crippen LogP contribution in [0.4, 0.5) is 4.39 Å². The van der Waals surface area contributed by atoms with Gasteiger partial charge >= 0.3 is 0 Å². The zero-order chi connectivity index (χ0) is 17.1. The second kappa shape index (κ2) is 5.59. The van der Waals surface area contributed by atoms with Gasteiger partial charge in [0.05, 0.1) is 26.7 Å². The number of aliphatic imine (C=N–C) groups is 1. The highest BCUT2D eigenvalue weighted by atomic mass is 79.9. The molecule has 0 bridgehead atoms. The Morgan fingerprint density at radius 2 is 1.96 bits per heavy atom. The molecule has 0 radical (unpaired) electrons. The van der Waals surface area contributed by atoms with Crippen LogP contribution in [0.1, 0.15) is 37.2 Å². The van der Waals surface area contributed by atoms with Gasteiger partial charge in [-0.2, -0.15) is 0 Å². The molecule has 126 valence electrons. The van der Waals surface area contributed by atoms with Crippen molar-refractivity contribution in [3.63, 3.8) is 0 Å². The summed E-state index contributed by atoms with van der Waals surface area (Å²) in [6.45, 7) is 0. The number of hydrogen-bond acceptors (Lipinski definition) is 4. The van der Waals surface area contributed by atoms with E-state index in [1.165, 1.54) is 6.07 Å². The van der Waals surface area contributed by atoms with E-state index in [9.17, 15) is 17.6 Å². The number of Topliss-reactive ketones (excluding diaryl/α,β-unsaturated/α-hetero) is 1. The van der Waals surface area contributed by atoms with Crippen LogP contribution in [0.25, 0.3) is 0 Å². The molecule has 0 N–H and O–H groups in total. The van der Waals surface area contributed by atoms with E-state index >= 15 is 0 Å². The normalized spacial score (nSPS) is 28.4. The fourth-order valence-electron chi connectivity index (χ4n) is 3.95. The van der Waals surface area contributed by atoms with Gasteiger partial charge in [-0.1, -0.05) is 6.07 Å². The fraction of sp³-hybridized carbons (Fsp3) is 0.412. The smallest absolute Gasteiger partial charge is 0.177 e. The number of allylic oxidation sites excluding steroid dienone is 2. The Bertz CT molecular complexity index is 920. The number of fused-ring (bicyclic) bond motifs is 1. The lowest BCUT2D eigenvalue weighted by Crippen LogP contribution is -2.37. The van der Waals surface area contributed by atoms with Gasteiger partial charge in [0.1, 0.15) is 11.6 Å². The monoisotopic (exact) mass is 411 g/mol. The maximum atomic E-state index is 13.6. The van der Waals surface area contributed by atoms with Crippen LogP contribution in [0.2, 0.25) is 0 Å². The van der Waals surface area contributed by atoms with Crippen LogP contribution in [-0.4, -0.2) is 25.7 Å². The van der Waals surface area contributed by atoms with Crippen molar-refractivity contribution >= 4 is 37.3 Å². The molecule has 2 atom stereocenters. The number of hydrogen-bond donors (Lipinski definition) is 0. The van der Waals surface area contributed by atoms with E-state index < -0.39 is 27.5 Å². The van der Waals surface area contributed by atoms with Crippen molar-refractivity contribution in [2.45, 2.75) is 31.6 Å².